The predicted molar refractivity (Wildman–Crippen MR) is 57.8 cm³/mol. The largest absolute Gasteiger partial charge is 0.330 e. The van der Waals surface area contributed by atoms with Gasteiger partial charge in [-0.1, -0.05) is 19.3 Å². The molecule has 0 aliphatic carbocycles. The normalized spacial score (nSPS) is 18.2. The van der Waals surface area contributed by atoms with Crippen LogP contribution in [0.5, 0.6) is 0 Å². The summed E-state index contributed by atoms with van der Waals surface area (Å²) in [6, 6.07) is 0. The molecular formula is C11H24N2. The van der Waals surface area contributed by atoms with Crippen molar-refractivity contribution >= 4 is 0 Å². The molecule has 1 fully saturated rings. The van der Waals surface area contributed by atoms with Crippen molar-refractivity contribution in [3.8, 4) is 0 Å². The molecule has 0 aromatic rings. The monoisotopic (exact) mass is 184 g/mol. The van der Waals surface area contributed by atoms with Gasteiger partial charge in [0, 0.05) is 0 Å². The van der Waals surface area contributed by atoms with Gasteiger partial charge in [-0.25, -0.2) is 0 Å². The third-order valence-electron chi connectivity index (χ3n) is 2.88. The summed E-state index contributed by atoms with van der Waals surface area (Å²) in [5, 5.41) is 0. The van der Waals surface area contributed by atoms with Crippen LogP contribution in [0.15, 0.2) is 0 Å². The third-order valence-corrected chi connectivity index (χ3v) is 2.88. The van der Waals surface area contributed by atoms with Crippen molar-refractivity contribution in [3.05, 3.63) is 0 Å². The molecule has 78 valence electrons. The minimum Gasteiger partial charge on any atom is -0.330 e. The molecule has 0 aromatic heterocycles. The quantitative estimate of drug-likeness (QED) is 0.613. The van der Waals surface area contributed by atoms with E-state index in [0.717, 1.165) is 6.54 Å². The first-order valence-electron chi connectivity index (χ1n) is 5.86. The van der Waals surface area contributed by atoms with Crippen LogP contribution in [-0.2, 0) is 0 Å². The average molecular weight is 184 g/mol. The summed E-state index contributed by atoms with van der Waals surface area (Å²) in [7, 11) is 0. The molecule has 2 heteroatoms. The molecule has 0 unspecified atom stereocenters. The molecule has 1 aliphatic rings. The van der Waals surface area contributed by atoms with E-state index in [9.17, 15) is 0 Å². The molecule has 0 atom stereocenters. The van der Waals surface area contributed by atoms with E-state index in [-0.39, 0.29) is 0 Å². The molecule has 0 aromatic carbocycles. The van der Waals surface area contributed by atoms with E-state index in [1.807, 2.05) is 0 Å². The number of rotatable bonds is 7. The highest BCUT2D eigenvalue weighted by Crippen LogP contribution is 2.09. The van der Waals surface area contributed by atoms with Crippen LogP contribution < -0.4 is 5.73 Å². The molecule has 1 rings (SSSR count). The lowest BCUT2D eigenvalue weighted by molar-refractivity contribution is 0.328. The summed E-state index contributed by atoms with van der Waals surface area (Å²) in [4.78, 5) is 2.60. The maximum atomic E-state index is 5.43. The van der Waals surface area contributed by atoms with Gasteiger partial charge in [0.15, 0.2) is 0 Å². The van der Waals surface area contributed by atoms with Crippen molar-refractivity contribution in [1.29, 1.82) is 0 Å². The fourth-order valence-electron chi connectivity index (χ4n) is 2.02. The Morgan fingerprint density at radius 3 is 2.15 bits per heavy atom. The van der Waals surface area contributed by atoms with Gasteiger partial charge in [0.2, 0.25) is 0 Å². The van der Waals surface area contributed by atoms with E-state index in [2.05, 4.69) is 4.90 Å². The summed E-state index contributed by atoms with van der Waals surface area (Å²) in [6.07, 6.45) is 9.56. The number of nitrogens with two attached hydrogens (primary N) is 1. The lowest BCUT2D eigenvalue weighted by Gasteiger charge is -2.13. The van der Waals surface area contributed by atoms with E-state index in [4.69, 9.17) is 5.73 Å². The Kier molecular flexibility index (Phi) is 6.21. The Morgan fingerprint density at radius 1 is 0.846 bits per heavy atom. The minimum absolute atomic E-state index is 0.867. The minimum atomic E-state index is 0.867. The molecule has 1 saturated heterocycles. The first-order chi connectivity index (χ1) is 6.43. The first-order valence-corrected chi connectivity index (χ1v) is 5.86. The highest BCUT2D eigenvalue weighted by atomic mass is 15.1. The van der Waals surface area contributed by atoms with Crippen molar-refractivity contribution in [2.24, 2.45) is 5.73 Å². The van der Waals surface area contributed by atoms with Gasteiger partial charge in [-0.3, -0.25) is 0 Å². The van der Waals surface area contributed by atoms with Gasteiger partial charge in [-0.05, 0) is 51.9 Å². The van der Waals surface area contributed by atoms with E-state index < -0.39 is 0 Å². The zero-order valence-corrected chi connectivity index (χ0v) is 8.80. The van der Waals surface area contributed by atoms with Gasteiger partial charge in [-0.15, -0.1) is 0 Å². The number of unbranched alkanes of at least 4 members (excludes halogenated alkanes) is 4. The third kappa shape index (κ3) is 5.27. The van der Waals surface area contributed by atoms with Crippen molar-refractivity contribution < 1.29 is 0 Å². The summed E-state index contributed by atoms with van der Waals surface area (Å²) in [5.74, 6) is 0. The van der Waals surface area contributed by atoms with Crippen LogP contribution in [0.2, 0.25) is 0 Å². The Balaban J connectivity index is 1.78. The molecule has 0 radical (unpaired) electrons. The van der Waals surface area contributed by atoms with E-state index in [0.29, 0.717) is 0 Å². The van der Waals surface area contributed by atoms with Gasteiger partial charge in [0.1, 0.15) is 0 Å². The Labute approximate surface area is 82.5 Å². The topological polar surface area (TPSA) is 29.3 Å². The standard InChI is InChI=1S/C11H24N2/c12-8-4-2-1-3-5-9-13-10-6-7-11-13/h1-12H2. The van der Waals surface area contributed by atoms with Gasteiger partial charge in [0.25, 0.3) is 0 Å². The van der Waals surface area contributed by atoms with Crippen LogP contribution in [0.3, 0.4) is 0 Å². The zero-order valence-electron chi connectivity index (χ0n) is 8.80. The summed E-state index contributed by atoms with van der Waals surface area (Å²) < 4.78 is 0. The Morgan fingerprint density at radius 2 is 1.46 bits per heavy atom. The average Bonchev–Trinajstić information content (AvgIpc) is 2.63. The lowest BCUT2D eigenvalue weighted by Crippen LogP contribution is -2.20. The fraction of sp³-hybridized carbons (Fsp3) is 1.00. The fourth-order valence-corrected chi connectivity index (χ4v) is 2.02. The molecule has 0 amide bonds. The van der Waals surface area contributed by atoms with E-state index in [1.165, 1.54) is 64.6 Å². The lowest BCUT2D eigenvalue weighted by atomic mass is 10.1. The summed E-state index contributed by atoms with van der Waals surface area (Å²) >= 11 is 0. The van der Waals surface area contributed by atoms with Crippen LogP contribution in [0.25, 0.3) is 0 Å². The second-order valence-electron chi connectivity index (χ2n) is 4.11. The van der Waals surface area contributed by atoms with Gasteiger partial charge >= 0.3 is 0 Å². The van der Waals surface area contributed by atoms with Gasteiger partial charge < -0.3 is 10.6 Å². The van der Waals surface area contributed by atoms with Crippen LogP contribution in [-0.4, -0.2) is 31.1 Å². The molecule has 1 heterocycles. The van der Waals surface area contributed by atoms with Crippen molar-refractivity contribution in [2.45, 2.75) is 44.9 Å². The Bertz CT molecular complexity index is 109. The molecule has 13 heavy (non-hydrogen) atoms. The second-order valence-corrected chi connectivity index (χ2v) is 4.11. The van der Waals surface area contributed by atoms with Crippen molar-refractivity contribution in [2.75, 3.05) is 26.2 Å². The molecule has 0 bridgehead atoms. The molecule has 1 aliphatic heterocycles. The SMILES string of the molecule is NCCCCCCCN1CCCC1. The molecular weight excluding hydrogens is 160 g/mol. The van der Waals surface area contributed by atoms with Crippen molar-refractivity contribution in [3.63, 3.8) is 0 Å². The zero-order chi connectivity index (χ0) is 9.36. The van der Waals surface area contributed by atoms with Crippen LogP contribution >= 0.6 is 0 Å². The van der Waals surface area contributed by atoms with Gasteiger partial charge in [0.05, 0.1) is 0 Å². The van der Waals surface area contributed by atoms with E-state index in [1.54, 1.807) is 0 Å². The number of hydrogen-bond donors (Lipinski definition) is 1. The van der Waals surface area contributed by atoms with E-state index >= 15 is 0 Å². The highest BCUT2D eigenvalue weighted by molar-refractivity contribution is 4.65. The predicted octanol–water partition coefficient (Wildman–Crippen LogP) is 1.99. The summed E-state index contributed by atoms with van der Waals surface area (Å²) in [5.41, 5.74) is 5.43. The maximum absolute atomic E-state index is 5.43. The maximum Gasteiger partial charge on any atom is -0.00183 e. The smallest absolute Gasteiger partial charge is 0.00183 e. The number of likely N-dealkylation sites (tertiary alicyclic amines) is 1. The first kappa shape index (κ1) is 11.0. The molecule has 2 nitrogen and oxygen atoms in total. The van der Waals surface area contributed by atoms with Crippen LogP contribution in [0.4, 0.5) is 0 Å². The summed E-state index contributed by atoms with van der Waals surface area (Å²) in [6.45, 7) is 4.90. The van der Waals surface area contributed by atoms with Crippen molar-refractivity contribution in [1.82, 2.24) is 4.90 Å². The second kappa shape index (κ2) is 7.34. The number of nitrogens with zero attached hydrogens (tertiary/aromatic N) is 1. The van der Waals surface area contributed by atoms with Crippen LogP contribution in [0.1, 0.15) is 44.9 Å². The molecule has 0 spiro atoms. The van der Waals surface area contributed by atoms with Crippen LogP contribution in [0, 0.1) is 0 Å². The highest BCUT2D eigenvalue weighted by Gasteiger charge is 2.09. The molecule has 2 N–H and O–H groups in total. The van der Waals surface area contributed by atoms with Gasteiger partial charge in [-0.2, -0.15) is 0 Å². The number of hydrogen-bond acceptors (Lipinski definition) is 2. The molecule has 0 saturated carbocycles. The Hall–Kier alpha value is -0.0800.